The third kappa shape index (κ3) is 5.18. The number of nitrogens with zero attached hydrogens (tertiary/aromatic N) is 1. The Morgan fingerprint density at radius 3 is 2.41 bits per heavy atom. The standard InChI is InChI=1S/C33H26FN5O2/c34-28-7-3-4-8-31(28)41-26-15-20-5-1-2-6-27(20)23(16-26)19-39-29-18-22(32(36)37)10-9-21(29)17-30(39)33(40)38-25-13-11-24(35)12-14-25/h1-18H,19,35H2,(H3,36,37)(H,38,40). The number of fused-ring (bicyclic) bond motifs is 2. The predicted molar refractivity (Wildman–Crippen MR) is 161 cm³/mol. The first kappa shape index (κ1) is 25.6. The first-order valence-corrected chi connectivity index (χ1v) is 12.9. The Labute approximate surface area is 235 Å². The SMILES string of the molecule is N=C(N)c1ccc2cc(C(=O)Nc3ccc(N)cc3)n(Cc3cc(Oc4ccccc4F)cc4ccccc34)c2c1. The fourth-order valence-electron chi connectivity index (χ4n) is 4.92. The molecule has 0 radical (unpaired) electrons. The Bertz CT molecular complexity index is 1950. The molecule has 6 rings (SSSR count). The van der Waals surface area contributed by atoms with Crippen LogP contribution in [0, 0.1) is 11.2 Å². The molecule has 0 spiro atoms. The van der Waals surface area contributed by atoms with Gasteiger partial charge in [-0.2, -0.15) is 0 Å². The van der Waals surface area contributed by atoms with Gasteiger partial charge in [-0.25, -0.2) is 4.39 Å². The summed E-state index contributed by atoms with van der Waals surface area (Å²) in [7, 11) is 0. The largest absolute Gasteiger partial charge is 0.454 e. The van der Waals surface area contributed by atoms with Gasteiger partial charge in [-0.3, -0.25) is 10.2 Å². The number of halogens is 1. The quantitative estimate of drug-likeness (QED) is 0.0995. The van der Waals surface area contributed by atoms with Gasteiger partial charge in [-0.15, -0.1) is 0 Å². The van der Waals surface area contributed by atoms with Gasteiger partial charge >= 0.3 is 0 Å². The maximum Gasteiger partial charge on any atom is 0.272 e. The van der Waals surface area contributed by atoms with Crippen LogP contribution in [0.3, 0.4) is 0 Å². The minimum atomic E-state index is -0.461. The molecule has 0 fully saturated rings. The van der Waals surface area contributed by atoms with Gasteiger partial charge in [0.2, 0.25) is 0 Å². The van der Waals surface area contributed by atoms with Crippen LogP contribution in [-0.2, 0) is 6.54 Å². The summed E-state index contributed by atoms with van der Waals surface area (Å²) in [6, 6.07) is 31.9. The van der Waals surface area contributed by atoms with Crippen LogP contribution < -0.4 is 21.5 Å². The average molecular weight is 544 g/mol. The van der Waals surface area contributed by atoms with Crippen molar-refractivity contribution < 1.29 is 13.9 Å². The number of anilines is 2. The van der Waals surface area contributed by atoms with Crippen molar-refractivity contribution in [3.05, 3.63) is 132 Å². The molecule has 0 aliphatic heterocycles. The molecule has 202 valence electrons. The van der Waals surface area contributed by atoms with Gasteiger partial charge in [0.15, 0.2) is 11.6 Å². The molecule has 1 amide bonds. The van der Waals surface area contributed by atoms with Crippen LogP contribution in [0.15, 0.2) is 109 Å². The molecule has 0 unspecified atom stereocenters. The van der Waals surface area contributed by atoms with Crippen LogP contribution in [0.4, 0.5) is 15.8 Å². The first-order valence-electron chi connectivity index (χ1n) is 12.9. The smallest absolute Gasteiger partial charge is 0.272 e. The second-order valence-electron chi connectivity index (χ2n) is 9.72. The molecule has 7 nitrogen and oxygen atoms in total. The minimum absolute atomic E-state index is 0.0711. The number of nitrogens with one attached hydrogen (secondary N) is 2. The second-order valence-corrected chi connectivity index (χ2v) is 9.72. The summed E-state index contributed by atoms with van der Waals surface area (Å²) in [6.07, 6.45) is 0. The number of carbonyl (C=O) groups excluding carboxylic acids is 1. The van der Waals surface area contributed by atoms with Gasteiger partial charge in [-0.05, 0) is 77.0 Å². The molecule has 0 saturated carbocycles. The monoisotopic (exact) mass is 543 g/mol. The normalized spacial score (nSPS) is 11.0. The van der Waals surface area contributed by atoms with Crippen molar-refractivity contribution >= 4 is 44.8 Å². The highest BCUT2D eigenvalue weighted by atomic mass is 19.1. The number of hydrogen-bond donors (Lipinski definition) is 4. The van der Waals surface area contributed by atoms with E-state index in [9.17, 15) is 9.18 Å². The summed E-state index contributed by atoms with van der Waals surface area (Å²) in [5, 5.41) is 13.6. The zero-order valence-corrected chi connectivity index (χ0v) is 21.9. The molecule has 1 heterocycles. The van der Waals surface area contributed by atoms with Gasteiger partial charge < -0.3 is 26.1 Å². The lowest BCUT2D eigenvalue weighted by atomic mass is 10.0. The Morgan fingerprint density at radius 2 is 1.63 bits per heavy atom. The summed E-state index contributed by atoms with van der Waals surface area (Å²) in [5.74, 6) is -0.249. The summed E-state index contributed by atoms with van der Waals surface area (Å²) < 4.78 is 22.3. The van der Waals surface area contributed by atoms with Crippen LogP contribution in [0.1, 0.15) is 21.6 Å². The molecule has 6 N–H and O–H groups in total. The van der Waals surface area contributed by atoms with E-state index >= 15 is 0 Å². The summed E-state index contributed by atoms with van der Waals surface area (Å²) in [6.45, 7) is 0.296. The van der Waals surface area contributed by atoms with Crippen LogP contribution in [0.5, 0.6) is 11.5 Å². The maximum atomic E-state index is 14.4. The molecule has 0 saturated heterocycles. The zero-order valence-electron chi connectivity index (χ0n) is 21.9. The van der Waals surface area contributed by atoms with Gasteiger partial charge in [0.25, 0.3) is 5.91 Å². The lowest BCUT2D eigenvalue weighted by molar-refractivity contribution is 0.101. The van der Waals surface area contributed by atoms with Crippen molar-refractivity contribution in [1.29, 1.82) is 5.41 Å². The van der Waals surface area contributed by atoms with Gasteiger partial charge in [0.1, 0.15) is 17.3 Å². The van der Waals surface area contributed by atoms with Crippen LogP contribution in [0.25, 0.3) is 21.7 Å². The first-order chi connectivity index (χ1) is 19.9. The number of ether oxygens (including phenoxy) is 1. The molecular weight excluding hydrogens is 517 g/mol. The van der Waals surface area contributed by atoms with E-state index in [2.05, 4.69) is 5.32 Å². The van der Waals surface area contributed by atoms with Crippen molar-refractivity contribution in [2.24, 2.45) is 5.73 Å². The number of carbonyl (C=O) groups is 1. The Kier molecular flexibility index (Phi) is 6.57. The number of nitrogen functional groups attached to an aromatic ring is 2. The number of amidine groups is 1. The molecule has 41 heavy (non-hydrogen) atoms. The summed E-state index contributed by atoms with van der Waals surface area (Å²) in [5.41, 5.74) is 15.4. The minimum Gasteiger partial charge on any atom is -0.454 e. The van der Waals surface area contributed by atoms with Crippen molar-refractivity contribution in [3.63, 3.8) is 0 Å². The molecule has 0 aliphatic rings. The van der Waals surface area contributed by atoms with Gasteiger partial charge in [0.05, 0.1) is 0 Å². The number of nitrogens with two attached hydrogens (primary N) is 2. The van der Waals surface area contributed by atoms with E-state index in [1.165, 1.54) is 6.07 Å². The summed E-state index contributed by atoms with van der Waals surface area (Å²) in [4.78, 5) is 13.6. The topological polar surface area (TPSA) is 119 Å². The van der Waals surface area contributed by atoms with Gasteiger partial charge in [0, 0.05) is 34.4 Å². The van der Waals surface area contributed by atoms with Crippen LogP contribution >= 0.6 is 0 Å². The number of amides is 1. The van der Waals surface area contributed by atoms with E-state index in [1.807, 2.05) is 53.1 Å². The molecule has 0 bridgehead atoms. The van der Waals surface area contributed by atoms with Gasteiger partial charge in [-0.1, -0.05) is 48.5 Å². The fraction of sp³-hybridized carbons (Fsp3) is 0.0303. The van der Waals surface area contributed by atoms with E-state index in [1.54, 1.807) is 54.6 Å². The maximum absolute atomic E-state index is 14.4. The lowest BCUT2D eigenvalue weighted by Gasteiger charge is -2.16. The van der Waals surface area contributed by atoms with Crippen molar-refractivity contribution in [3.8, 4) is 11.5 Å². The summed E-state index contributed by atoms with van der Waals surface area (Å²) >= 11 is 0. The second kappa shape index (κ2) is 10.5. The van der Waals surface area contributed by atoms with E-state index < -0.39 is 5.82 Å². The highest BCUT2D eigenvalue weighted by Crippen LogP contribution is 2.32. The molecule has 8 heteroatoms. The number of hydrogen-bond acceptors (Lipinski definition) is 4. The van der Waals surface area contributed by atoms with E-state index in [-0.39, 0.29) is 17.5 Å². The Morgan fingerprint density at radius 1 is 0.878 bits per heavy atom. The van der Waals surface area contributed by atoms with Crippen molar-refractivity contribution in [2.75, 3.05) is 11.1 Å². The predicted octanol–water partition coefficient (Wildman–Crippen LogP) is 6.89. The highest BCUT2D eigenvalue weighted by molar-refractivity contribution is 6.07. The number of benzene rings is 5. The number of rotatable bonds is 7. The van der Waals surface area contributed by atoms with E-state index in [0.29, 0.717) is 34.9 Å². The van der Waals surface area contributed by atoms with E-state index in [0.717, 1.165) is 27.2 Å². The molecular formula is C33H26FN5O2. The highest BCUT2D eigenvalue weighted by Gasteiger charge is 2.19. The average Bonchev–Trinajstić information content (AvgIpc) is 3.33. The molecule has 0 aliphatic carbocycles. The molecule has 5 aromatic carbocycles. The third-order valence-electron chi connectivity index (χ3n) is 6.93. The number of aromatic nitrogens is 1. The molecule has 6 aromatic rings. The van der Waals surface area contributed by atoms with Crippen LogP contribution in [-0.4, -0.2) is 16.3 Å². The van der Waals surface area contributed by atoms with E-state index in [4.69, 9.17) is 21.6 Å². The Balaban J connectivity index is 1.47. The molecule has 0 atom stereocenters. The van der Waals surface area contributed by atoms with Crippen LogP contribution in [0.2, 0.25) is 0 Å². The molecule has 1 aromatic heterocycles. The Hall–Kier alpha value is -5.63. The third-order valence-corrected chi connectivity index (χ3v) is 6.93. The lowest BCUT2D eigenvalue weighted by Crippen LogP contribution is -2.18. The van der Waals surface area contributed by atoms with Crippen molar-refractivity contribution in [2.45, 2.75) is 6.54 Å². The van der Waals surface area contributed by atoms with Crippen molar-refractivity contribution in [1.82, 2.24) is 4.57 Å². The zero-order chi connectivity index (χ0) is 28.5. The number of para-hydroxylation sites is 1. The fourth-order valence-corrected chi connectivity index (χ4v) is 4.92.